The van der Waals surface area contributed by atoms with Crippen molar-refractivity contribution in [1.29, 1.82) is 0 Å². The fourth-order valence-corrected chi connectivity index (χ4v) is 5.49. The Morgan fingerprint density at radius 1 is 1.00 bits per heavy atom. The summed E-state index contributed by atoms with van der Waals surface area (Å²) in [5.41, 5.74) is 3.57. The summed E-state index contributed by atoms with van der Waals surface area (Å²) in [4.78, 5) is 30.0. The van der Waals surface area contributed by atoms with E-state index in [1.165, 1.54) is 11.1 Å². The Balaban J connectivity index is 1.24. The van der Waals surface area contributed by atoms with E-state index in [-0.39, 0.29) is 5.92 Å². The summed E-state index contributed by atoms with van der Waals surface area (Å²) < 4.78 is 0. The van der Waals surface area contributed by atoms with E-state index in [4.69, 9.17) is 0 Å². The van der Waals surface area contributed by atoms with Crippen LogP contribution < -0.4 is 4.90 Å². The first-order chi connectivity index (χ1) is 13.8. The zero-order valence-electron chi connectivity index (χ0n) is 15.7. The lowest BCUT2D eigenvalue weighted by atomic mass is 10.0. The van der Waals surface area contributed by atoms with Gasteiger partial charge in [0.15, 0.2) is 0 Å². The normalized spacial score (nSPS) is 24.1. The SMILES string of the molecule is O=C(C1Cc2ccccc2C1)N1C2CCC1CN(c1ncnc3[nH]ccc13)C2. The van der Waals surface area contributed by atoms with Gasteiger partial charge < -0.3 is 14.8 Å². The van der Waals surface area contributed by atoms with Crippen LogP contribution >= 0.6 is 0 Å². The van der Waals surface area contributed by atoms with Crippen LogP contribution in [0.4, 0.5) is 5.82 Å². The van der Waals surface area contributed by atoms with Crippen LogP contribution in [0.5, 0.6) is 0 Å². The maximum absolute atomic E-state index is 13.4. The molecule has 2 fully saturated rings. The number of aromatic nitrogens is 3. The number of fused-ring (bicyclic) bond motifs is 4. The number of aromatic amines is 1. The van der Waals surface area contributed by atoms with Gasteiger partial charge in [-0.1, -0.05) is 24.3 Å². The molecule has 1 N–H and O–H groups in total. The predicted octanol–water partition coefficient (Wildman–Crippen LogP) is 2.55. The first kappa shape index (κ1) is 16.1. The van der Waals surface area contributed by atoms with E-state index in [9.17, 15) is 4.79 Å². The molecule has 4 heterocycles. The second kappa shape index (κ2) is 6.06. The molecule has 2 bridgehead atoms. The second-order valence-electron chi connectivity index (χ2n) is 8.35. The van der Waals surface area contributed by atoms with Gasteiger partial charge in [-0.3, -0.25) is 4.79 Å². The number of piperazine rings is 1. The van der Waals surface area contributed by atoms with Crippen molar-refractivity contribution < 1.29 is 4.79 Å². The highest BCUT2D eigenvalue weighted by atomic mass is 16.2. The summed E-state index contributed by atoms with van der Waals surface area (Å²) in [5.74, 6) is 1.46. The largest absolute Gasteiger partial charge is 0.352 e. The third kappa shape index (κ3) is 2.37. The average molecular weight is 373 g/mol. The summed E-state index contributed by atoms with van der Waals surface area (Å²) in [6, 6.07) is 11.1. The fraction of sp³-hybridized carbons (Fsp3) is 0.409. The van der Waals surface area contributed by atoms with Crippen LogP contribution in [0.25, 0.3) is 11.0 Å². The summed E-state index contributed by atoms with van der Waals surface area (Å²) in [5, 5.41) is 1.06. The van der Waals surface area contributed by atoms with Crippen LogP contribution in [0.15, 0.2) is 42.9 Å². The standard InChI is InChI=1S/C22H23N5O/c28-22(16-9-14-3-1-2-4-15(14)10-16)27-17-5-6-18(27)12-26(11-17)21-19-7-8-23-20(19)24-13-25-21/h1-4,7-8,13,16-18H,5-6,9-12H2,(H,23,24,25). The fourth-order valence-electron chi connectivity index (χ4n) is 5.49. The molecule has 0 radical (unpaired) electrons. The van der Waals surface area contributed by atoms with Crippen LogP contribution in [0.2, 0.25) is 0 Å². The topological polar surface area (TPSA) is 65.1 Å². The van der Waals surface area contributed by atoms with E-state index in [0.29, 0.717) is 18.0 Å². The number of anilines is 1. The quantitative estimate of drug-likeness (QED) is 0.750. The first-order valence-corrected chi connectivity index (χ1v) is 10.2. The summed E-state index contributed by atoms with van der Waals surface area (Å²) in [7, 11) is 0. The Labute approximate surface area is 163 Å². The Morgan fingerprint density at radius 3 is 2.43 bits per heavy atom. The molecule has 2 unspecified atom stereocenters. The maximum Gasteiger partial charge on any atom is 0.226 e. The number of hydrogen-bond acceptors (Lipinski definition) is 4. The van der Waals surface area contributed by atoms with Crippen LogP contribution in [0.3, 0.4) is 0 Å². The Bertz CT molecular complexity index is 1020. The second-order valence-corrected chi connectivity index (χ2v) is 8.35. The molecular weight excluding hydrogens is 350 g/mol. The van der Waals surface area contributed by atoms with Gasteiger partial charge in [-0.2, -0.15) is 0 Å². The van der Waals surface area contributed by atoms with Crippen molar-refractivity contribution in [1.82, 2.24) is 19.9 Å². The van der Waals surface area contributed by atoms with Crippen molar-refractivity contribution in [2.45, 2.75) is 37.8 Å². The van der Waals surface area contributed by atoms with Crippen molar-refractivity contribution in [2.75, 3.05) is 18.0 Å². The lowest BCUT2D eigenvalue weighted by Gasteiger charge is -2.42. The number of carbonyl (C=O) groups is 1. The lowest BCUT2D eigenvalue weighted by Crippen LogP contribution is -2.57. The van der Waals surface area contributed by atoms with Crippen LogP contribution in [0.1, 0.15) is 24.0 Å². The molecule has 142 valence electrons. The zero-order chi connectivity index (χ0) is 18.7. The van der Waals surface area contributed by atoms with Gasteiger partial charge in [0.25, 0.3) is 0 Å². The first-order valence-electron chi connectivity index (χ1n) is 10.2. The van der Waals surface area contributed by atoms with Crippen molar-refractivity contribution >= 4 is 22.8 Å². The van der Waals surface area contributed by atoms with Gasteiger partial charge in [0, 0.05) is 37.3 Å². The summed E-state index contributed by atoms with van der Waals surface area (Å²) >= 11 is 0. The van der Waals surface area contributed by atoms with Crippen molar-refractivity contribution in [2.24, 2.45) is 5.92 Å². The maximum atomic E-state index is 13.4. The van der Waals surface area contributed by atoms with E-state index >= 15 is 0 Å². The molecule has 3 aromatic rings. The Kier molecular flexibility index (Phi) is 3.48. The van der Waals surface area contributed by atoms with Crippen LogP contribution in [-0.4, -0.2) is 50.9 Å². The van der Waals surface area contributed by atoms with Gasteiger partial charge in [-0.25, -0.2) is 9.97 Å². The number of benzene rings is 1. The summed E-state index contributed by atoms with van der Waals surface area (Å²) in [6.07, 6.45) is 7.51. The van der Waals surface area contributed by atoms with Crippen molar-refractivity contribution in [3.05, 3.63) is 54.0 Å². The van der Waals surface area contributed by atoms with Crippen LogP contribution in [-0.2, 0) is 17.6 Å². The molecule has 2 aromatic heterocycles. The number of rotatable bonds is 2. The number of nitrogens with one attached hydrogen (secondary N) is 1. The van der Waals surface area contributed by atoms with Gasteiger partial charge in [0.2, 0.25) is 5.91 Å². The zero-order valence-corrected chi connectivity index (χ0v) is 15.7. The molecule has 0 saturated carbocycles. The number of H-pyrrole nitrogens is 1. The van der Waals surface area contributed by atoms with Crippen molar-refractivity contribution in [3.63, 3.8) is 0 Å². The highest BCUT2D eigenvalue weighted by Crippen LogP contribution is 2.37. The minimum atomic E-state index is 0.113. The third-order valence-corrected chi connectivity index (χ3v) is 6.77. The third-order valence-electron chi connectivity index (χ3n) is 6.77. The minimum absolute atomic E-state index is 0.113. The molecule has 1 aliphatic carbocycles. The van der Waals surface area contributed by atoms with E-state index in [1.807, 2.05) is 12.3 Å². The van der Waals surface area contributed by atoms with Gasteiger partial charge in [-0.15, -0.1) is 0 Å². The molecule has 6 heteroatoms. The van der Waals surface area contributed by atoms with E-state index < -0.39 is 0 Å². The Hall–Kier alpha value is -2.89. The number of carbonyl (C=O) groups excluding carboxylic acids is 1. The molecule has 3 aliphatic rings. The van der Waals surface area contributed by atoms with Crippen molar-refractivity contribution in [3.8, 4) is 0 Å². The van der Waals surface area contributed by atoms with Gasteiger partial charge >= 0.3 is 0 Å². The number of amides is 1. The highest BCUT2D eigenvalue weighted by Gasteiger charge is 2.45. The number of hydrogen-bond donors (Lipinski definition) is 1. The van der Waals surface area contributed by atoms with Gasteiger partial charge in [-0.05, 0) is 42.9 Å². The Morgan fingerprint density at radius 2 is 1.71 bits per heavy atom. The van der Waals surface area contributed by atoms with E-state index in [1.54, 1.807) is 6.33 Å². The molecule has 28 heavy (non-hydrogen) atoms. The molecule has 6 rings (SSSR count). The molecule has 0 spiro atoms. The molecule has 6 nitrogen and oxygen atoms in total. The molecule has 2 saturated heterocycles. The average Bonchev–Trinajstić information content (AvgIpc) is 3.42. The molecule has 2 atom stereocenters. The number of nitrogens with zero attached hydrogens (tertiary/aromatic N) is 4. The molecule has 1 aromatic carbocycles. The molecule has 2 aliphatic heterocycles. The minimum Gasteiger partial charge on any atom is -0.352 e. The summed E-state index contributed by atoms with van der Waals surface area (Å²) in [6.45, 7) is 1.72. The van der Waals surface area contributed by atoms with Gasteiger partial charge in [0.1, 0.15) is 17.8 Å². The van der Waals surface area contributed by atoms with Gasteiger partial charge in [0.05, 0.1) is 5.39 Å². The predicted molar refractivity (Wildman–Crippen MR) is 107 cm³/mol. The van der Waals surface area contributed by atoms with Crippen LogP contribution in [0, 0.1) is 5.92 Å². The molecule has 1 amide bonds. The smallest absolute Gasteiger partial charge is 0.226 e. The van der Waals surface area contributed by atoms with E-state index in [2.05, 4.69) is 49.0 Å². The molecular formula is C22H23N5O. The highest BCUT2D eigenvalue weighted by molar-refractivity contribution is 5.88. The lowest BCUT2D eigenvalue weighted by molar-refractivity contribution is -0.138. The monoisotopic (exact) mass is 373 g/mol. The van der Waals surface area contributed by atoms with E-state index in [0.717, 1.165) is 55.6 Å².